The first kappa shape index (κ1) is 26.6. The minimum atomic E-state index is -9.16. The number of rotatable bonds is 0. The highest BCUT2D eigenvalue weighted by Crippen LogP contribution is 2.78. The summed E-state index contributed by atoms with van der Waals surface area (Å²) in [5.41, 5.74) is -36.4. The molecule has 1 aliphatic carbocycles. The van der Waals surface area contributed by atoms with Gasteiger partial charge < -0.3 is 0 Å². The molecule has 0 spiro atoms. The van der Waals surface area contributed by atoms with E-state index < -0.39 is 59.2 Å². The van der Waals surface area contributed by atoms with Crippen LogP contribution >= 0.6 is 0 Å². The van der Waals surface area contributed by atoms with E-state index in [-0.39, 0.29) is 0 Å². The molecule has 4 atom stereocenters. The Hall–Kier alpha value is -1.40. The maximum Gasteiger partial charge on any atom is 0.432 e. The minimum Gasteiger partial charge on any atom is -0.222 e. The van der Waals surface area contributed by atoms with Crippen LogP contribution in [0.4, 0.5) is 87.8 Å². The summed E-state index contributed by atoms with van der Waals surface area (Å²) in [5, 5.41) is 0. The van der Waals surface area contributed by atoms with E-state index in [1.807, 2.05) is 0 Å². The molecule has 1 saturated carbocycles. The van der Waals surface area contributed by atoms with Crippen molar-refractivity contribution in [2.45, 2.75) is 59.2 Å². The molecule has 0 nitrogen and oxygen atoms in total. The SMILES string of the molecule is FC(F)(F)[C@@]1(F)C(F)(F)[C@@](F)(C(F)(F)F)[C@@](F)(C(F)(F)F)C(F)(F)[C@@]1(F)C(F)(F)F. The first-order chi connectivity index (χ1) is 12.5. The van der Waals surface area contributed by atoms with Crippen LogP contribution in [0.15, 0.2) is 0 Å². The molecule has 0 aromatic carbocycles. The van der Waals surface area contributed by atoms with Gasteiger partial charge in [-0.3, -0.25) is 0 Å². The van der Waals surface area contributed by atoms with Crippen molar-refractivity contribution in [1.29, 1.82) is 0 Å². The number of alkyl halides is 20. The summed E-state index contributed by atoms with van der Waals surface area (Å²) in [6, 6.07) is 0. The van der Waals surface area contributed by atoms with Gasteiger partial charge in [-0.25, -0.2) is 17.6 Å². The Balaban J connectivity index is 4.59. The van der Waals surface area contributed by atoms with Crippen LogP contribution in [-0.2, 0) is 0 Å². The van der Waals surface area contributed by atoms with E-state index in [4.69, 9.17) is 0 Å². The largest absolute Gasteiger partial charge is 0.432 e. The molecule has 0 bridgehead atoms. The fourth-order valence-corrected chi connectivity index (χ4v) is 2.83. The molecule has 0 radical (unpaired) electrons. The average molecular weight is 500 g/mol. The molecule has 0 heterocycles. The van der Waals surface area contributed by atoms with Gasteiger partial charge in [-0.1, -0.05) is 0 Å². The Morgan fingerprint density at radius 2 is 0.367 bits per heavy atom. The zero-order valence-electron chi connectivity index (χ0n) is 12.6. The van der Waals surface area contributed by atoms with Crippen molar-refractivity contribution in [3.8, 4) is 0 Å². The molecule has 0 amide bonds. The summed E-state index contributed by atoms with van der Waals surface area (Å²) >= 11 is 0. The smallest absolute Gasteiger partial charge is 0.222 e. The van der Waals surface area contributed by atoms with Gasteiger partial charge in [-0.2, -0.15) is 70.2 Å². The van der Waals surface area contributed by atoms with E-state index in [0.717, 1.165) is 0 Å². The molecule has 0 N–H and O–H groups in total. The van der Waals surface area contributed by atoms with E-state index in [0.29, 0.717) is 0 Å². The molecule has 0 saturated heterocycles. The number of halogens is 20. The van der Waals surface area contributed by atoms with E-state index >= 15 is 0 Å². The van der Waals surface area contributed by atoms with Crippen LogP contribution in [0, 0.1) is 0 Å². The number of hydrogen-bond acceptors (Lipinski definition) is 0. The normalized spacial score (nSPS) is 40.4. The van der Waals surface area contributed by atoms with Crippen LogP contribution < -0.4 is 0 Å². The molecular formula is C10F20. The van der Waals surface area contributed by atoms with Crippen molar-refractivity contribution in [1.82, 2.24) is 0 Å². The molecule has 0 aromatic heterocycles. The Kier molecular flexibility index (Phi) is 5.05. The lowest BCUT2D eigenvalue weighted by atomic mass is 9.55. The van der Waals surface area contributed by atoms with Crippen LogP contribution in [0.2, 0.25) is 0 Å². The third kappa shape index (κ3) is 2.22. The van der Waals surface area contributed by atoms with Crippen LogP contribution in [0.3, 0.4) is 0 Å². The molecule has 0 aliphatic heterocycles. The Bertz CT molecular complexity index is 574. The molecule has 30 heavy (non-hydrogen) atoms. The van der Waals surface area contributed by atoms with Crippen molar-refractivity contribution >= 4 is 0 Å². The Labute approximate surface area is 148 Å². The molecule has 1 rings (SSSR count). The second-order valence-corrected chi connectivity index (χ2v) is 5.77. The van der Waals surface area contributed by atoms with Gasteiger partial charge in [0.05, 0.1) is 0 Å². The molecular weight excluding hydrogens is 500 g/mol. The maximum absolute atomic E-state index is 13.9. The van der Waals surface area contributed by atoms with Gasteiger partial charge >= 0.3 is 59.2 Å². The van der Waals surface area contributed by atoms with Gasteiger partial charge in [0, 0.05) is 0 Å². The molecule has 20 heteroatoms. The van der Waals surface area contributed by atoms with Gasteiger partial charge in [0.25, 0.3) is 0 Å². The third-order valence-corrected chi connectivity index (χ3v) is 4.24. The monoisotopic (exact) mass is 500 g/mol. The van der Waals surface area contributed by atoms with Gasteiger partial charge in [-0.15, -0.1) is 0 Å². The van der Waals surface area contributed by atoms with Crippen LogP contribution in [0.1, 0.15) is 0 Å². The molecule has 1 aliphatic rings. The van der Waals surface area contributed by atoms with Gasteiger partial charge in [0.2, 0.25) is 0 Å². The predicted octanol–water partition coefficient (Wildman–Crippen LogP) is 6.35. The zero-order valence-corrected chi connectivity index (χ0v) is 12.6. The summed E-state index contributed by atoms with van der Waals surface area (Å²) in [7, 11) is 0. The maximum atomic E-state index is 13.9. The predicted molar refractivity (Wildman–Crippen MR) is 49.5 cm³/mol. The van der Waals surface area contributed by atoms with Crippen molar-refractivity contribution < 1.29 is 87.8 Å². The summed E-state index contributed by atoms with van der Waals surface area (Å²) in [5.74, 6) is -18.3. The Morgan fingerprint density at radius 3 is 0.433 bits per heavy atom. The van der Waals surface area contributed by atoms with Crippen LogP contribution in [0.25, 0.3) is 0 Å². The Morgan fingerprint density at radius 1 is 0.267 bits per heavy atom. The van der Waals surface area contributed by atoms with Crippen LogP contribution in [0.5, 0.6) is 0 Å². The van der Waals surface area contributed by atoms with Crippen molar-refractivity contribution in [2.75, 3.05) is 0 Å². The lowest BCUT2D eigenvalue weighted by Crippen LogP contribution is -2.96. The summed E-state index contributed by atoms with van der Waals surface area (Å²) in [4.78, 5) is 0. The van der Waals surface area contributed by atoms with Crippen LogP contribution in [-0.4, -0.2) is 59.2 Å². The molecule has 1 fully saturated rings. The summed E-state index contributed by atoms with van der Waals surface area (Å²) in [6.07, 6.45) is -34.4. The minimum absolute atomic E-state index is 8.61. The molecule has 0 aromatic rings. The fraction of sp³-hybridized carbons (Fsp3) is 1.00. The average Bonchev–Trinajstić information content (AvgIpc) is 2.45. The topological polar surface area (TPSA) is 0 Å². The lowest BCUT2D eigenvalue weighted by molar-refractivity contribution is -0.538. The van der Waals surface area contributed by atoms with Crippen molar-refractivity contribution in [3.05, 3.63) is 0 Å². The van der Waals surface area contributed by atoms with E-state index in [1.54, 1.807) is 0 Å². The van der Waals surface area contributed by atoms with Gasteiger partial charge in [0.1, 0.15) is 0 Å². The van der Waals surface area contributed by atoms with Crippen molar-refractivity contribution in [2.24, 2.45) is 0 Å². The van der Waals surface area contributed by atoms with E-state index in [2.05, 4.69) is 0 Å². The van der Waals surface area contributed by atoms with Gasteiger partial charge in [-0.05, 0) is 0 Å². The van der Waals surface area contributed by atoms with E-state index in [1.165, 1.54) is 0 Å². The lowest BCUT2D eigenvalue weighted by Gasteiger charge is -2.60. The first-order valence-corrected chi connectivity index (χ1v) is 6.28. The van der Waals surface area contributed by atoms with Gasteiger partial charge in [0.15, 0.2) is 0 Å². The fourth-order valence-electron chi connectivity index (χ4n) is 2.83. The summed E-state index contributed by atoms with van der Waals surface area (Å²) < 4.78 is 262. The molecule has 0 unspecified atom stereocenters. The highest BCUT2D eigenvalue weighted by molar-refractivity contribution is 5.40. The third-order valence-electron chi connectivity index (χ3n) is 4.24. The zero-order chi connectivity index (χ0) is 25.0. The molecule has 180 valence electrons. The highest BCUT2D eigenvalue weighted by Gasteiger charge is 3.13. The first-order valence-electron chi connectivity index (χ1n) is 6.28. The standard InChI is InChI=1S/C10F20/c11-1(7(19,20)21)2(12,8(22,23)24)6(17,18)4(14,10(28,29)30)3(13,5(1,15)16)9(25,26)27/t1-,2+,3+,4-. The second kappa shape index (κ2) is 5.69. The van der Waals surface area contributed by atoms with E-state index in [9.17, 15) is 87.8 Å². The number of hydrogen-bond donors (Lipinski definition) is 0. The highest BCUT2D eigenvalue weighted by atomic mass is 19.4. The summed E-state index contributed by atoms with van der Waals surface area (Å²) in [6.45, 7) is 0. The van der Waals surface area contributed by atoms with Crippen molar-refractivity contribution in [3.63, 3.8) is 0 Å². The quantitative estimate of drug-likeness (QED) is 0.340. The second-order valence-electron chi connectivity index (χ2n) is 5.77.